The Morgan fingerprint density at radius 2 is 1.68 bits per heavy atom. The first kappa shape index (κ1) is 29.0. The quantitative estimate of drug-likeness (QED) is 0.406. The number of nitrogens with zero attached hydrogens (tertiary/aromatic N) is 3. The smallest absolute Gasteiger partial charge is 0.243 e. The van der Waals surface area contributed by atoms with Crippen molar-refractivity contribution in [2.75, 3.05) is 38.2 Å². The average molecular weight is 600 g/mol. The Kier molecular flexibility index (Phi) is 8.35. The summed E-state index contributed by atoms with van der Waals surface area (Å²) in [5.41, 5.74) is 2.48. The molecular formula is C30H31ClFN3O5S. The number of anilines is 1. The van der Waals surface area contributed by atoms with Crippen LogP contribution in [0.2, 0.25) is 5.02 Å². The van der Waals surface area contributed by atoms with E-state index >= 15 is 0 Å². The number of carbonyl (C=O) groups excluding carboxylic acids is 2. The van der Waals surface area contributed by atoms with Crippen molar-refractivity contribution in [1.82, 2.24) is 9.21 Å². The van der Waals surface area contributed by atoms with Crippen LogP contribution in [-0.2, 0) is 19.6 Å². The fourth-order valence-electron chi connectivity index (χ4n) is 5.60. The monoisotopic (exact) mass is 599 g/mol. The lowest BCUT2D eigenvalue weighted by Crippen LogP contribution is -2.55. The minimum atomic E-state index is -3.92. The molecule has 0 radical (unpaired) electrons. The highest BCUT2D eigenvalue weighted by Gasteiger charge is 2.44. The summed E-state index contributed by atoms with van der Waals surface area (Å²) in [5.74, 6) is -0.910. The molecule has 3 aromatic carbocycles. The largest absolute Gasteiger partial charge is 0.496 e. The molecule has 0 bridgehead atoms. The summed E-state index contributed by atoms with van der Waals surface area (Å²) in [6.45, 7) is 2.49. The Labute approximate surface area is 244 Å². The summed E-state index contributed by atoms with van der Waals surface area (Å²) in [5, 5.41) is -0.271. The van der Waals surface area contributed by atoms with Gasteiger partial charge in [-0.2, -0.15) is 4.31 Å². The van der Waals surface area contributed by atoms with E-state index in [2.05, 4.69) is 0 Å². The minimum Gasteiger partial charge on any atom is -0.496 e. The first-order valence-electron chi connectivity index (χ1n) is 13.4. The topological polar surface area (TPSA) is 87.2 Å². The van der Waals surface area contributed by atoms with E-state index in [0.717, 1.165) is 23.3 Å². The summed E-state index contributed by atoms with van der Waals surface area (Å²) in [7, 11) is -2.36. The molecule has 2 aliphatic heterocycles. The van der Waals surface area contributed by atoms with Gasteiger partial charge in [0.2, 0.25) is 21.8 Å². The molecule has 2 atom stereocenters. The third kappa shape index (κ3) is 5.68. The fraction of sp³-hybridized carbons (Fsp3) is 0.333. The van der Waals surface area contributed by atoms with Crippen molar-refractivity contribution < 1.29 is 27.1 Å². The van der Waals surface area contributed by atoms with Gasteiger partial charge in [0.05, 0.1) is 29.0 Å². The molecule has 2 unspecified atom stereocenters. The highest BCUT2D eigenvalue weighted by molar-refractivity contribution is 7.89. The summed E-state index contributed by atoms with van der Waals surface area (Å²) in [4.78, 5) is 30.8. The SMILES string of the molecule is COc1ccccc1C1C(C(=O)N2CCN(S(=O)(=O)c3ccc(F)c(Cl)c3)CC2)CCC(=O)N1c1ccc(C)cc1. The van der Waals surface area contributed by atoms with Gasteiger partial charge in [0.1, 0.15) is 11.6 Å². The molecule has 0 saturated carbocycles. The molecule has 11 heteroatoms. The number of methoxy groups -OCH3 is 1. The molecule has 2 fully saturated rings. The average Bonchev–Trinajstić information content (AvgIpc) is 2.98. The van der Waals surface area contributed by atoms with Crippen LogP contribution in [0.15, 0.2) is 71.6 Å². The number of hydrogen-bond donors (Lipinski definition) is 0. The van der Waals surface area contributed by atoms with Crippen LogP contribution in [0, 0.1) is 18.7 Å². The van der Waals surface area contributed by atoms with Crippen LogP contribution in [0.3, 0.4) is 0 Å². The number of carbonyl (C=O) groups is 2. The number of sulfonamides is 1. The molecule has 0 aliphatic carbocycles. The normalized spacial score (nSPS) is 20.2. The summed E-state index contributed by atoms with van der Waals surface area (Å²) < 4.78 is 46.9. The maximum atomic E-state index is 14.1. The van der Waals surface area contributed by atoms with Gasteiger partial charge in [-0.25, -0.2) is 12.8 Å². The number of piperidine rings is 1. The summed E-state index contributed by atoms with van der Waals surface area (Å²) in [6, 6.07) is 17.7. The number of rotatable bonds is 6. The third-order valence-electron chi connectivity index (χ3n) is 7.76. The Morgan fingerprint density at radius 1 is 1.00 bits per heavy atom. The van der Waals surface area contributed by atoms with E-state index in [1.165, 1.54) is 10.4 Å². The first-order valence-corrected chi connectivity index (χ1v) is 15.2. The predicted octanol–water partition coefficient (Wildman–Crippen LogP) is 4.81. The van der Waals surface area contributed by atoms with E-state index in [4.69, 9.17) is 16.3 Å². The van der Waals surface area contributed by atoms with Crippen molar-refractivity contribution in [1.29, 1.82) is 0 Å². The highest BCUT2D eigenvalue weighted by Crippen LogP contribution is 2.44. The minimum absolute atomic E-state index is 0.0791. The Morgan fingerprint density at radius 3 is 2.34 bits per heavy atom. The van der Waals surface area contributed by atoms with Gasteiger partial charge in [-0.05, 0) is 49.7 Å². The molecular weight excluding hydrogens is 569 g/mol. The van der Waals surface area contributed by atoms with E-state index in [9.17, 15) is 22.4 Å². The molecule has 216 valence electrons. The number of benzene rings is 3. The van der Waals surface area contributed by atoms with Crippen LogP contribution in [0.4, 0.5) is 10.1 Å². The van der Waals surface area contributed by atoms with Crippen molar-refractivity contribution in [2.45, 2.75) is 30.7 Å². The Bertz CT molecular complexity index is 1560. The van der Waals surface area contributed by atoms with Gasteiger partial charge < -0.3 is 14.5 Å². The fourth-order valence-corrected chi connectivity index (χ4v) is 7.29. The molecule has 2 heterocycles. The Balaban J connectivity index is 1.42. The lowest BCUT2D eigenvalue weighted by atomic mass is 9.82. The number of ether oxygens (including phenoxy) is 1. The molecule has 0 spiro atoms. The number of hydrogen-bond acceptors (Lipinski definition) is 5. The van der Waals surface area contributed by atoms with Gasteiger partial charge in [0, 0.05) is 43.9 Å². The molecule has 0 aromatic heterocycles. The van der Waals surface area contributed by atoms with E-state index in [1.54, 1.807) is 16.9 Å². The number of halogens is 2. The van der Waals surface area contributed by atoms with Crippen molar-refractivity contribution >= 4 is 39.1 Å². The number of aryl methyl sites for hydroxylation is 1. The van der Waals surface area contributed by atoms with Crippen molar-refractivity contribution in [3.05, 3.63) is 88.7 Å². The molecule has 3 aromatic rings. The van der Waals surface area contributed by atoms with E-state index in [0.29, 0.717) is 17.9 Å². The molecule has 2 amide bonds. The van der Waals surface area contributed by atoms with Crippen LogP contribution < -0.4 is 9.64 Å². The van der Waals surface area contributed by atoms with Crippen LogP contribution >= 0.6 is 11.6 Å². The van der Waals surface area contributed by atoms with Gasteiger partial charge in [0.15, 0.2) is 0 Å². The second-order valence-electron chi connectivity index (χ2n) is 10.2. The highest BCUT2D eigenvalue weighted by atomic mass is 35.5. The van der Waals surface area contributed by atoms with E-state index < -0.39 is 27.8 Å². The number of amides is 2. The number of piperazine rings is 1. The molecule has 0 N–H and O–H groups in total. The first-order chi connectivity index (χ1) is 19.6. The second-order valence-corrected chi connectivity index (χ2v) is 12.6. The lowest BCUT2D eigenvalue weighted by molar-refractivity contribution is -0.139. The van der Waals surface area contributed by atoms with Gasteiger partial charge in [-0.15, -0.1) is 0 Å². The zero-order chi connectivity index (χ0) is 29.3. The molecule has 8 nitrogen and oxygen atoms in total. The Hall–Kier alpha value is -3.47. The van der Waals surface area contributed by atoms with Gasteiger partial charge in [-0.3, -0.25) is 9.59 Å². The van der Waals surface area contributed by atoms with E-state index in [-0.39, 0.29) is 54.3 Å². The maximum Gasteiger partial charge on any atom is 0.243 e. The number of para-hydroxylation sites is 1. The molecule has 5 rings (SSSR count). The summed E-state index contributed by atoms with van der Waals surface area (Å²) >= 11 is 5.82. The van der Waals surface area contributed by atoms with Crippen LogP contribution in [-0.4, -0.2) is 62.7 Å². The van der Waals surface area contributed by atoms with Crippen molar-refractivity contribution in [3.8, 4) is 5.75 Å². The zero-order valence-corrected chi connectivity index (χ0v) is 24.4. The standard InChI is InChI=1S/C30H31ClFN3O5S/c1-20-7-9-21(10-8-20)35-28(36)14-12-24(29(35)23-5-3-4-6-27(23)40-2)30(37)33-15-17-34(18-16-33)41(38,39)22-11-13-26(32)25(31)19-22/h3-11,13,19,24,29H,12,14-18H2,1-2H3. The molecule has 41 heavy (non-hydrogen) atoms. The lowest BCUT2D eigenvalue weighted by Gasteiger charge is -2.44. The van der Waals surface area contributed by atoms with Crippen molar-refractivity contribution in [3.63, 3.8) is 0 Å². The van der Waals surface area contributed by atoms with Crippen LogP contribution in [0.25, 0.3) is 0 Å². The van der Waals surface area contributed by atoms with Gasteiger partial charge in [-0.1, -0.05) is 47.5 Å². The predicted molar refractivity (Wildman–Crippen MR) is 154 cm³/mol. The van der Waals surface area contributed by atoms with E-state index in [1.807, 2.05) is 55.5 Å². The maximum absolute atomic E-state index is 14.1. The molecule has 2 aliphatic rings. The van der Waals surface area contributed by atoms with Crippen molar-refractivity contribution in [2.24, 2.45) is 5.92 Å². The summed E-state index contributed by atoms with van der Waals surface area (Å²) in [6.07, 6.45) is 0.560. The van der Waals surface area contributed by atoms with Crippen LogP contribution in [0.1, 0.15) is 30.0 Å². The molecule has 2 saturated heterocycles. The third-order valence-corrected chi connectivity index (χ3v) is 9.95. The van der Waals surface area contributed by atoms with Crippen LogP contribution in [0.5, 0.6) is 5.75 Å². The second kappa shape index (κ2) is 11.8. The van der Waals surface area contributed by atoms with Gasteiger partial charge in [0.25, 0.3) is 0 Å². The van der Waals surface area contributed by atoms with Gasteiger partial charge >= 0.3 is 0 Å². The zero-order valence-electron chi connectivity index (χ0n) is 22.8.